The molecule has 2 N–H and O–H groups in total. The predicted octanol–water partition coefficient (Wildman–Crippen LogP) is 3.79. The minimum absolute atomic E-state index is 0.0828. The van der Waals surface area contributed by atoms with Crippen molar-refractivity contribution in [1.82, 2.24) is 5.32 Å². The molecule has 1 rings (SSSR count). The van der Waals surface area contributed by atoms with Crippen LogP contribution >= 0.6 is 0 Å². The molecule has 0 saturated heterocycles. The molecule has 0 aromatic rings. The van der Waals surface area contributed by atoms with Crippen LogP contribution in [0.5, 0.6) is 0 Å². The first-order chi connectivity index (χ1) is 9.63. The first-order valence-corrected chi connectivity index (χ1v) is 10.5. The number of rotatable bonds is 6. The summed E-state index contributed by atoms with van der Waals surface area (Å²) in [5, 5.41) is 14.0. The Balaban J connectivity index is 3.16. The van der Waals surface area contributed by atoms with Gasteiger partial charge in [-0.15, -0.1) is 0 Å². The number of ketones is 1. The predicted molar refractivity (Wildman–Crippen MR) is 92.0 cm³/mol. The molecule has 4 heteroatoms. The van der Waals surface area contributed by atoms with Gasteiger partial charge in [-0.3, -0.25) is 4.79 Å². The summed E-state index contributed by atoms with van der Waals surface area (Å²) in [4.78, 5) is 12.8. The fourth-order valence-corrected chi connectivity index (χ4v) is 11.3. The number of allylic oxidation sites excluding steroid dienone is 1. The van der Waals surface area contributed by atoms with Gasteiger partial charge in [-0.25, -0.2) is 0 Å². The van der Waals surface area contributed by atoms with E-state index in [-0.39, 0.29) is 12.1 Å². The number of carbonyl (C=O) groups is 1. The molecule has 2 atom stereocenters. The molecule has 21 heavy (non-hydrogen) atoms. The lowest BCUT2D eigenvalue weighted by molar-refractivity contribution is -0.116. The highest BCUT2D eigenvalue weighted by Crippen LogP contribution is 2.47. The summed E-state index contributed by atoms with van der Waals surface area (Å²) in [6.45, 7) is 15.5. The lowest BCUT2D eigenvalue weighted by Crippen LogP contribution is -2.52. The Hall–Kier alpha value is -0.613. The zero-order valence-electron chi connectivity index (χ0n) is 14.7. The monoisotopic (exact) mass is 311 g/mol. The van der Waals surface area contributed by atoms with Gasteiger partial charge in [-0.05, 0) is 41.4 Å². The highest BCUT2D eigenvalue weighted by molar-refractivity contribution is 6.93. The molecule has 3 nitrogen and oxygen atoms in total. The van der Waals surface area contributed by atoms with Crippen molar-refractivity contribution in [2.75, 3.05) is 0 Å². The first kappa shape index (κ1) is 18.4. The second-order valence-electron chi connectivity index (χ2n) is 7.53. The number of Topliss-reactive ketones (excluding diaryl/α,β-unsaturated/α-hetero) is 1. The van der Waals surface area contributed by atoms with E-state index in [1.54, 1.807) is 6.92 Å². The van der Waals surface area contributed by atoms with E-state index in [4.69, 9.17) is 0 Å². The maximum absolute atomic E-state index is 12.8. The Kier molecular flexibility index (Phi) is 6.23. The average Bonchev–Trinajstić information content (AvgIpc) is 2.30. The van der Waals surface area contributed by atoms with E-state index >= 15 is 0 Å². The Labute approximate surface area is 131 Å². The molecular formula is C17H33NO2Si. The highest BCUT2D eigenvalue weighted by atomic mass is 28.3. The van der Waals surface area contributed by atoms with E-state index in [1.807, 2.05) is 6.20 Å². The van der Waals surface area contributed by atoms with Crippen molar-refractivity contribution in [3.8, 4) is 0 Å². The van der Waals surface area contributed by atoms with Crippen LogP contribution in [0.3, 0.4) is 0 Å². The van der Waals surface area contributed by atoms with E-state index in [2.05, 4.69) is 46.9 Å². The van der Waals surface area contributed by atoms with E-state index in [9.17, 15) is 9.90 Å². The van der Waals surface area contributed by atoms with E-state index in [0.29, 0.717) is 35.2 Å². The SMILES string of the molecule is CC(C)[Si](C1=CN[C@@H](C[C@H](C)O)CC1=O)(C(C)C)C(C)C. The van der Waals surface area contributed by atoms with Crippen LogP contribution in [0, 0.1) is 0 Å². The minimum Gasteiger partial charge on any atom is -0.393 e. The number of carbonyl (C=O) groups excluding carboxylic acids is 1. The molecule has 0 saturated carbocycles. The molecule has 0 spiro atoms. The maximum Gasteiger partial charge on any atom is 0.158 e. The van der Waals surface area contributed by atoms with Gasteiger partial charge in [0, 0.05) is 12.5 Å². The van der Waals surface area contributed by atoms with Gasteiger partial charge in [0.1, 0.15) is 8.07 Å². The number of aliphatic hydroxyl groups is 1. The summed E-state index contributed by atoms with van der Waals surface area (Å²) in [5.41, 5.74) is 1.63. The quantitative estimate of drug-likeness (QED) is 0.734. The Bertz CT molecular complexity index is 378. The molecule has 1 heterocycles. The molecule has 0 aromatic heterocycles. The van der Waals surface area contributed by atoms with Crippen LogP contribution in [0.4, 0.5) is 0 Å². The van der Waals surface area contributed by atoms with Gasteiger partial charge >= 0.3 is 0 Å². The summed E-state index contributed by atoms with van der Waals surface area (Å²) >= 11 is 0. The largest absolute Gasteiger partial charge is 0.393 e. The van der Waals surface area contributed by atoms with Crippen LogP contribution < -0.4 is 5.32 Å². The normalized spacial score (nSPS) is 21.8. The van der Waals surface area contributed by atoms with Crippen molar-refractivity contribution in [2.24, 2.45) is 0 Å². The van der Waals surface area contributed by atoms with Gasteiger partial charge in [0.2, 0.25) is 0 Å². The Morgan fingerprint density at radius 3 is 1.95 bits per heavy atom. The maximum atomic E-state index is 12.8. The van der Waals surface area contributed by atoms with Gasteiger partial charge in [-0.1, -0.05) is 41.5 Å². The summed E-state index contributed by atoms with van der Waals surface area (Å²) in [7, 11) is -1.87. The van der Waals surface area contributed by atoms with Crippen molar-refractivity contribution >= 4 is 13.9 Å². The van der Waals surface area contributed by atoms with E-state index in [1.165, 1.54) is 0 Å². The standard InChI is InChI=1S/C17H33NO2Si/c1-11(2)21(12(3)4,13(5)6)17-10-18-15(8-14(7)19)9-16(17)20/h10-15,18-19H,8-9H2,1-7H3/t14-,15-/m0/s1. The van der Waals surface area contributed by atoms with Crippen LogP contribution in [0.1, 0.15) is 61.3 Å². The Morgan fingerprint density at radius 2 is 1.62 bits per heavy atom. The van der Waals surface area contributed by atoms with E-state index < -0.39 is 8.07 Å². The van der Waals surface area contributed by atoms with Crippen molar-refractivity contribution in [3.05, 3.63) is 11.4 Å². The summed E-state index contributed by atoms with van der Waals surface area (Å²) in [6, 6.07) is 0.0828. The zero-order valence-corrected chi connectivity index (χ0v) is 15.7. The van der Waals surface area contributed by atoms with Gasteiger partial charge in [0.15, 0.2) is 5.78 Å². The van der Waals surface area contributed by atoms with E-state index in [0.717, 1.165) is 5.20 Å². The second-order valence-corrected chi connectivity index (χ2v) is 13.4. The first-order valence-electron chi connectivity index (χ1n) is 8.31. The van der Waals surface area contributed by atoms with Gasteiger partial charge in [0.25, 0.3) is 0 Å². The third-order valence-electron chi connectivity index (χ3n) is 5.15. The number of nitrogens with one attached hydrogen (secondary N) is 1. The van der Waals surface area contributed by atoms with Crippen molar-refractivity contribution in [2.45, 2.75) is 90.1 Å². The number of hydrogen-bond donors (Lipinski definition) is 2. The average molecular weight is 312 g/mol. The highest BCUT2D eigenvalue weighted by Gasteiger charge is 2.49. The molecule has 1 aliphatic heterocycles. The van der Waals surface area contributed by atoms with Gasteiger partial charge in [0.05, 0.1) is 6.10 Å². The molecule has 0 aromatic carbocycles. The number of hydrogen-bond acceptors (Lipinski definition) is 3. The van der Waals surface area contributed by atoms with Crippen molar-refractivity contribution in [1.29, 1.82) is 0 Å². The van der Waals surface area contributed by atoms with Crippen LogP contribution in [0.15, 0.2) is 11.4 Å². The third kappa shape index (κ3) is 3.59. The minimum atomic E-state index is -1.87. The molecule has 0 radical (unpaired) electrons. The molecule has 0 unspecified atom stereocenters. The second kappa shape index (κ2) is 7.10. The zero-order chi connectivity index (χ0) is 16.4. The molecule has 122 valence electrons. The van der Waals surface area contributed by atoms with Gasteiger partial charge < -0.3 is 10.4 Å². The molecule has 0 fully saturated rings. The van der Waals surface area contributed by atoms with Crippen LogP contribution in [0.25, 0.3) is 0 Å². The molecule has 0 aliphatic carbocycles. The van der Waals surface area contributed by atoms with Crippen LogP contribution in [0.2, 0.25) is 16.6 Å². The fourth-order valence-electron chi connectivity index (χ4n) is 4.54. The van der Waals surface area contributed by atoms with Crippen molar-refractivity contribution < 1.29 is 9.90 Å². The van der Waals surface area contributed by atoms with Crippen molar-refractivity contribution in [3.63, 3.8) is 0 Å². The molecule has 0 bridgehead atoms. The summed E-state index contributed by atoms with van der Waals surface area (Å²) < 4.78 is 0. The molecule has 1 aliphatic rings. The number of aliphatic hydroxyl groups excluding tert-OH is 1. The smallest absolute Gasteiger partial charge is 0.158 e. The van der Waals surface area contributed by atoms with Crippen LogP contribution in [-0.2, 0) is 4.79 Å². The molecular weight excluding hydrogens is 278 g/mol. The third-order valence-corrected chi connectivity index (χ3v) is 12.2. The molecule has 0 amide bonds. The lowest BCUT2D eigenvalue weighted by atomic mass is 10.0. The summed E-state index contributed by atoms with van der Waals surface area (Å²) in [6.07, 6.45) is 2.80. The Morgan fingerprint density at radius 1 is 1.14 bits per heavy atom. The van der Waals surface area contributed by atoms with Gasteiger partial charge in [-0.2, -0.15) is 0 Å². The fraction of sp³-hybridized carbons (Fsp3) is 0.824. The summed E-state index contributed by atoms with van der Waals surface area (Å²) in [5.74, 6) is 0.308. The topological polar surface area (TPSA) is 49.3 Å². The van der Waals surface area contributed by atoms with Crippen LogP contribution in [-0.4, -0.2) is 31.1 Å². The lowest BCUT2D eigenvalue weighted by Gasteiger charge is -2.46.